The lowest BCUT2D eigenvalue weighted by Crippen LogP contribution is -2.27. The van der Waals surface area contributed by atoms with E-state index >= 15 is 0 Å². The Morgan fingerprint density at radius 2 is 1.88 bits per heavy atom. The molecule has 0 saturated heterocycles. The van der Waals surface area contributed by atoms with Gasteiger partial charge in [0.15, 0.2) is 0 Å². The van der Waals surface area contributed by atoms with E-state index in [0.29, 0.717) is 5.69 Å². The first-order valence-electron chi connectivity index (χ1n) is 7.88. The van der Waals surface area contributed by atoms with Gasteiger partial charge in [0, 0.05) is 23.6 Å². The fourth-order valence-electron chi connectivity index (χ4n) is 2.45. The molecule has 1 unspecified atom stereocenters. The minimum atomic E-state index is -1.10. The van der Waals surface area contributed by atoms with Gasteiger partial charge < -0.3 is 10.4 Å². The number of carbonyl (C=O) groups excluding carboxylic acids is 1. The van der Waals surface area contributed by atoms with E-state index in [1.165, 1.54) is 18.2 Å². The van der Waals surface area contributed by atoms with Gasteiger partial charge in [-0.15, -0.1) is 0 Å². The van der Waals surface area contributed by atoms with Gasteiger partial charge in [-0.05, 0) is 24.3 Å². The molecule has 2 aromatic carbocycles. The zero-order chi connectivity index (χ0) is 17.6. The summed E-state index contributed by atoms with van der Waals surface area (Å²) >= 11 is 0. The third-order valence-corrected chi connectivity index (χ3v) is 3.76. The van der Waals surface area contributed by atoms with Crippen LogP contribution in [-0.2, 0) is 4.79 Å². The maximum Gasteiger partial charge on any atom is 0.244 e. The number of halogens is 1. The molecule has 0 radical (unpaired) electrons. The number of nitrogens with one attached hydrogen (secondary N) is 1. The standard InChI is InChI=1S/C20H17FN2O2/c21-17-7-3-2-6-16(17)19(24)13-22-20(25)12-11-15-10-9-14-5-1-4-8-18(14)23-15/h1-12,19,24H,13H2,(H,22,25)/b12-11+. The molecule has 1 heterocycles. The maximum absolute atomic E-state index is 13.6. The Morgan fingerprint density at radius 1 is 1.12 bits per heavy atom. The smallest absolute Gasteiger partial charge is 0.244 e. The van der Waals surface area contributed by atoms with Gasteiger partial charge >= 0.3 is 0 Å². The molecule has 5 heteroatoms. The number of para-hydroxylation sites is 1. The number of nitrogens with zero attached hydrogens (tertiary/aromatic N) is 1. The molecule has 0 spiro atoms. The highest BCUT2D eigenvalue weighted by molar-refractivity contribution is 5.91. The Balaban J connectivity index is 1.59. The van der Waals surface area contributed by atoms with Crippen LogP contribution in [0.15, 0.2) is 66.7 Å². The number of amides is 1. The van der Waals surface area contributed by atoms with Crippen molar-refractivity contribution in [2.45, 2.75) is 6.10 Å². The van der Waals surface area contributed by atoms with Crippen LogP contribution in [-0.4, -0.2) is 22.5 Å². The number of fused-ring (bicyclic) bond motifs is 1. The molecule has 3 aromatic rings. The van der Waals surface area contributed by atoms with Gasteiger partial charge in [0.25, 0.3) is 0 Å². The molecule has 0 aliphatic carbocycles. The van der Waals surface area contributed by atoms with Gasteiger partial charge in [-0.2, -0.15) is 0 Å². The van der Waals surface area contributed by atoms with Crippen LogP contribution in [0.5, 0.6) is 0 Å². The molecule has 0 fully saturated rings. The molecule has 4 nitrogen and oxygen atoms in total. The van der Waals surface area contributed by atoms with Gasteiger partial charge in [0.1, 0.15) is 5.82 Å². The molecule has 0 bridgehead atoms. The summed E-state index contributed by atoms with van der Waals surface area (Å²) in [5.74, 6) is -0.884. The van der Waals surface area contributed by atoms with Crippen LogP contribution in [0.25, 0.3) is 17.0 Å². The molecule has 2 N–H and O–H groups in total. The first-order valence-corrected chi connectivity index (χ1v) is 7.88. The molecule has 25 heavy (non-hydrogen) atoms. The van der Waals surface area contributed by atoms with Crippen LogP contribution in [0.1, 0.15) is 17.4 Å². The van der Waals surface area contributed by atoms with Gasteiger partial charge in [-0.3, -0.25) is 4.79 Å². The highest BCUT2D eigenvalue weighted by Crippen LogP contribution is 2.15. The number of pyridine rings is 1. The van der Waals surface area contributed by atoms with E-state index in [2.05, 4.69) is 10.3 Å². The van der Waals surface area contributed by atoms with Crippen molar-refractivity contribution in [3.8, 4) is 0 Å². The predicted molar refractivity (Wildman–Crippen MR) is 95.1 cm³/mol. The average molecular weight is 336 g/mol. The molecule has 126 valence electrons. The van der Waals surface area contributed by atoms with Gasteiger partial charge in [0.2, 0.25) is 5.91 Å². The van der Waals surface area contributed by atoms with Crippen molar-refractivity contribution < 1.29 is 14.3 Å². The second-order valence-corrected chi connectivity index (χ2v) is 5.54. The van der Waals surface area contributed by atoms with Crippen LogP contribution in [0.2, 0.25) is 0 Å². The molecule has 1 atom stereocenters. The Kier molecular flexibility index (Phi) is 5.16. The third kappa shape index (κ3) is 4.28. The van der Waals surface area contributed by atoms with Crippen molar-refractivity contribution in [1.29, 1.82) is 0 Å². The molecule has 0 aliphatic heterocycles. The minimum Gasteiger partial charge on any atom is -0.386 e. The molecular weight excluding hydrogens is 319 g/mol. The number of aromatic nitrogens is 1. The normalized spacial score (nSPS) is 12.4. The monoisotopic (exact) mass is 336 g/mol. The number of aliphatic hydroxyl groups is 1. The molecule has 0 saturated carbocycles. The zero-order valence-corrected chi connectivity index (χ0v) is 13.4. The van der Waals surface area contributed by atoms with Crippen LogP contribution >= 0.6 is 0 Å². The third-order valence-electron chi connectivity index (χ3n) is 3.76. The average Bonchev–Trinajstić information content (AvgIpc) is 2.64. The molecule has 3 rings (SSSR count). The minimum absolute atomic E-state index is 0.0742. The summed E-state index contributed by atoms with van der Waals surface area (Å²) in [6, 6.07) is 17.4. The first kappa shape index (κ1) is 16.8. The van der Waals surface area contributed by atoms with Crippen molar-refractivity contribution in [2.24, 2.45) is 0 Å². The van der Waals surface area contributed by atoms with Crippen LogP contribution in [0.3, 0.4) is 0 Å². The largest absolute Gasteiger partial charge is 0.386 e. The first-order chi connectivity index (χ1) is 12.1. The summed E-state index contributed by atoms with van der Waals surface area (Å²) in [5, 5.41) is 13.5. The Hall–Kier alpha value is -3.05. The summed E-state index contributed by atoms with van der Waals surface area (Å²) in [4.78, 5) is 16.3. The number of benzene rings is 2. The summed E-state index contributed by atoms with van der Waals surface area (Å²) in [7, 11) is 0. The molecular formula is C20H17FN2O2. The summed E-state index contributed by atoms with van der Waals surface area (Å²) in [6.45, 7) is -0.0742. The number of carbonyl (C=O) groups is 1. The van der Waals surface area contributed by atoms with Crippen LogP contribution < -0.4 is 5.32 Å². The predicted octanol–water partition coefficient (Wildman–Crippen LogP) is 3.24. The maximum atomic E-state index is 13.6. The SMILES string of the molecule is O=C(/C=C/c1ccc2ccccc2n1)NCC(O)c1ccccc1F. The van der Waals surface area contributed by atoms with Crippen LogP contribution in [0, 0.1) is 5.82 Å². The van der Waals surface area contributed by atoms with Crippen LogP contribution in [0.4, 0.5) is 4.39 Å². The lowest BCUT2D eigenvalue weighted by Gasteiger charge is -2.12. The van der Waals surface area contributed by atoms with E-state index in [1.54, 1.807) is 18.2 Å². The Labute approximate surface area is 144 Å². The Bertz CT molecular complexity index is 924. The lowest BCUT2D eigenvalue weighted by molar-refractivity contribution is -0.116. The van der Waals surface area contributed by atoms with Crippen molar-refractivity contribution in [1.82, 2.24) is 10.3 Å². The number of rotatable bonds is 5. The van der Waals surface area contributed by atoms with E-state index in [-0.39, 0.29) is 18.0 Å². The lowest BCUT2D eigenvalue weighted by atomic mass is 10.1. The Morgan fingerprint density at radius 3 is 2.72 bits per heavy atom. The topological polar surface area (TPSA) is 62.2 Å². The molecule has 1 aromatic heterocycles. The number of hydrogen-bond acceptors (Lipinski definition) is 3. The van der Waals surface area contributed by atoms with E-state index in [4.69, 9.17) is 0 Å². The van der Waals surface area contributed by atoms with Gasteiger partial charge in [0.05, 0.1) is 17.3 Å². The van der Waals surface area contributed by atoms with Crippen molar-refractivity contribution in [2.75, 3.05) is 6.54 Å². The second kappa shape index (κ2) is 7.68. The highest BCUT2D eigenvalue weighted by atomic mass is 19.1. The second-order valence-electron chi connectivity index (χ2n) is 5.54. The quantitative estimate of drug-likeness (QED) is 0.703. The molecule has 1 amide bonds. The molecule has 0 aliphatic rings. The van der Waals surface area contributed by atoms with E-state index in [9.17, 15) is 14.3 Å². The van der Waals surface area contributed by atoms with E-state index < -0.39 is 11.9 Å². The number of hydrogen-bond donors (Lipinski definition) is 2. The fourth-order valence-corrected chi connectivity index (χ4v) is 2.45. The summed E-state index contributed by atoms with van der Waals surface area (Å²) in [5.41, 5.74) is 1.66. The van der Waals surface area contributed by atoms with Crippen molar-refractivity contribution in [3.05, 3.63) is 83.8 Å². The van der Waals surface area contributed by atoms with E-state index in [1.807, 2.05) is 36.4 Å². The van der Waals surface area contributed by atoms with Crippen molar-refractivity contribution >= 4 is 22.9 Å². The highest BCUT2D eigenvalue weighted by Gasteiger charge is 2.12. The van der Waals surface area contributed by atoms with E-state index in [0.717, 1.165) is 10.9 Å². The fraction of sp³-hybridized carbons (Fsp3) is 0.100. The summed E-state index contributed by atoms with van der Waals surface area (Å²) < 4.78 is 13.6. The number of aliphatic hydroxyl groups excluding tert-OH is 1. The van der Waals surface area contributed by atoms with Gasteiger partial charge in [-0.1, -0.05) is 42.5 Å². The van der Waals surface area contributed by atoms with Crippen molar-refractivity contribution in [3.63, 3.8) is 0 Å². The zero-order valence-electron chi connectivity index (χ0n) is 13.4. The summed E-state index contributed by atoms with van der Waals surface area (Å²) in [6.07, 6.45) is 1.83. The van der Waals surface area contributed by atoms with Gasteiger partial charge in [-0.25, -0.2) is 9.37 Å².